The molecule has 0 bridgehead atoms. The molecule has 2 rings (SSSR count). The normalized spacial score (nSPS) is 20.9. The lowest BCUT2D eigenvalue weighted by atomic mass is 10.1. The maximum Gasteiger partial charge on any atom is 0.239 e. The first-order chi connectivity index (χ1) is 9.05. The summed E-state index contributed by atoms with van der Waals surface area (Å²) in [5.74, 6) is 0.383. The first-order valence-corrected chi connectivity index (χ1v) is 8.13. The molecule has 1 aliphatic heterocycles. The van der Waals surface area contributed by atoms with Crippen molar-refractivity contribution in [1.29, 1.82) is 0 Å². The second-order valence-corrected chi connectivity index (χ2v) is 7.02. The standard InChI is InChI=1S/C13H18N2O3S/c16-13(9-14-12-4-2-1-3-5-12)15-8-11-6-7-19(17,18)10-11/h1-5,11,14H,6-10H2,(H,15,16). The van der Waals surface area contributed by atoms with Crippen LogP contribution in [-0.4, -0.2) is 38.9 Å². The van der Waals surface area contributed by atoms with Crippen LogP contribution in [0.5, 0.6) is 0 Å². The number of para-hydroxylation sites is 1. The molecular weight excluding hydrogens is 264 g/mol. The van der Waals surface area contributed by atoms with Crippen LogP contribution in [0.2, 0.25) is 0 Å². The highest BCUT2D eigenvalue weighted by atomic mass is 32.2. The molecule has 5 nitrogen and oxygen atoms in total. The minimum Gasteiger partial charge on any atom is -0.376 e. The van der Waals surface area contributed by atoms with Gasteiger partial charge >= 0.3 is 0 Å². The van der Waals surface area contributed by atoms with E-state index in [-0.39, 0.29) is 29.9 Å². The highest BCUT2D eigenvalue weighted by Gasteiger charge is 2.27. The average Bonchev–Trinajstić information content (AvgIpc) is 2.75. The zero-order valence-corrected chi connectivity index (χ0v) is 11.4. The van der Waals surface area contributed by atoms with E-state index in [4.69, 9.17) is 0 Å². The molecule has 2 N–H and O–H groups in total. The van der Waals surface area contributed by atoms with Crippen molar-refractivity contribution in [2.24, 2.45) is 5.92 Å². The molecule has 0 aliphatic carbocycles. The van der Waals surface area contributed by atoms with Gasteiger partial charge in [0.2, 0.25) is 5.91 Å². The van der Waals surface area contributed by atoms with Gasteiger partial charge in [-0.15, -0.1) is 0 Å². The molecule has 6 heteroatoms. The Balaban J connectivity index is 1.68. The molecule has 0 radical (unpaired) electrons. The van der Waals surface area contributed by atoms with Gasteiger partial charge in [-0.25, -0.2) is 8.42 Å². The van der Waals surface area contributed by atoms with E-state index >= 15 is 0 Å². The maximum absolute atomic E-state index is 11.6. The molecule has 1 unspecified atom stereocenters. The molecule has 1 aromatic carbocycles. The number of amides is 1. The van der Waals surface area contributed by atoms with Gasteiger partial charge in [0.1, 0.15) is 0 Å². The van der Waals surface area contributed by atoms with E-state index in [1.807, 2.05) is 30.3 Å². The van der Waals surface area contributed by atoms with Crippen molar-refractivity contribution in [2.75, 3.05) is 29.9 Å². The zero-order valence-electron chi connectivity index (χ0n) is 10.6. The van der Waals surface area contributed by atoms with E-state index in [0.717, 1.165) is 5.69 Å². The Bertz CT molecular complexity index is 528. The number of nitrogens with one attached hydrogen (secondary N) is 2. The van der Waals surface area contributed by atoms with Crippen LogP contribution in [0.3, 0.4) is 0 Å². The second kappa shape index (κ2) is 6.06. The molecule has 1 aromatic rings. The lowest BCUT2D eigenvalue weighted by molar-refractivity contribution is -0.119. The van der Waals surface area contributed by atoms with Crippen LogP contribution in [0.1, 0.15) is 6.42 Å². The number of hydrogen-bond acceptors (Lipinski definition) is 4. The fraction of sp³-hybridized carbons (Fsp3) is 0.462. The largest absolute Gasteiger partial charge is 0.376 e. The fourth-order valence-electron chi connectivity index (χ4n) is 2.09. The molecule has 1 saturated heterocycles. The minimum absolute atomic E-state index is 0.0608. The molecule has 0 saturated carbocycles. The monoisotopic (exact) mass is 282 g/mol. The SMILES string of the molecule is O=C(CNc1ccccc1)NCC1CCS(=O)(=O)C1. The molecule has 1 aliphatic rings. The summed E-state index contributed by atoms with van der Waals surface area (Å²) in [5, 5.41) is 5.77. The van der Waals surface area contributed by atoms with Gasteiger partial charge in [0.25, 0.3) is 0 Å². The first-order valence-electron chi connectivity index (χ1n) is 6.31. The molecule has 1 atom stereocenters. The molecule has 1 amide bonds. The van der Waals surface area contributed by atoms with E-state index in [2.05, 4.69) is 10.6 Å². The van der Waals surface area contributed by atoms with E-state index < -0.39 is 9.84 Å². The Kier molecular flexibility index (Phi) is 4.42. The van der Waals surface area contributed by atoms with Gasteiger partial charge < -0.3 is 10.6 Å². The number of carbonyl (C=O) groups excluding carboxylic acids is 1. The van der Waals surface area contributed by atoms with Crippen LogP contribution in [0.15, 0.2) is 30.3 Å². The summed E-state index contributed by atoms with van der Waals surface area (Å²) in [6.07, 6.45) is 0.648. The topological polar surface area (TPSA) is 75.3 Å². The van der Waals surface area contributed by atoms with E-state index in [1.54, 1.807) is 0 Å². The number of carbonyl (C=O) groups is 1. The lowest BCUT2D eigenvalue weighted by Crippen LogP contribution is -2.34. The van der Waals surface area contributed by atoms with Crippen molar-refractivity contribution >= 4 is 21.4 Å². The Morgan fingerprint density at radius 1 is 1.26 bits per heavy atom. The van der Waals surface area contributed by atoms with Gasteiger partial charge in [-0.05, 0) is 24.5 Å². The van der Waals surface area contributed by atoms with Crippen LogP contribution in [-0.2, 0) is 14.6 Å². The third-order valence-electron chi connectivity index (χ3n) is 3.14. The van der Waals surface area contributed by atoms with Crippen molar-refractivity contribution in [3.05, 3.63) is 30.3 Å². The number of hydrogen-bond donors (Lipinski definition) is 2. The molecule has 0 aromatic heterocycles. The average molecular weight is 282 g/mol. The van der Waals surface area contributed by atoms with Crippen LogP contribution in [0.4, 0.5) is 5.69 Å². The van der Waals surface area contributed by atoms with Crippen LogP contribution < -0.4 is 10.6 Å². The summed E-state index contributed by atoms with van der Waals surface area (Å²) < 4.78 is 22.5. The second-order valence-electron chi connectivity index (χ2n) is 4.79. The molecular formula is C13H18N2O3S. The highest BCUT2D eigenvalue weighted by molar-refractivity contribution is 7.91. The third-order valence-corrected chi connectivity index (χ3v) is 4.98. The number of sulfone groups is 1. The van der Waals surface area contributed by atoms with Crippen LogP contribution >= 0.6 is 0 Å². The highest BCUT2D eigenvalue weighted by Crippen LogP contribution is 2.17. The van der Waals surface area contributed by atoms with Gasteiger partial charge in [0.15, 0.2) is 9.84 Å². The van der Waals surface area contributed by atoms with Crippen molar-refractivity contribution in [3.63, 3.8) is 0 Å². The first kappa shape index (κ1) is 13.9. The van der Waals surface area contributed by atoms with Crippen LogP contribution in [0, 0.1) is 5.92 Å². The predicted octanol–water partition coefficient (Wildman–Crippen LogP) is 0.649. The van der Waals surface area contributed by atoms with Gasteiger partial charge in [0.05, 0.1) is 18.1 Å². The zero-order chi connectivity index (χ0) is 13.7. The lowest BCUT2D eigenvalue weighted by Gasteiger charge is -2.10. The van der Waals surface area contributed by atoms with E-state index in [9.17, 15) is 13.2 Å². The Labute approximate surface area is 113 Å². The quantitative estimate of drug-likeness (QED) is 0.831. The van der Waals surface area contributed by atoms with Crippen LogP contribution in [0.25, 0.3) is 0 Å². The van der Waals surface area contributed by atoms with Crippen molar-refractivity contribution < 1.29 is 13.2 Å². The molecule has 0 spiro atoms. The van der Waals surface area contributed by atoms with Gasteiger partial charge in [0, 0.05) is 12.2 Å². The minimum atomic E-state index is -2.87. The van der Waals surface area contributed by atoms with Gasteiger partial charge in [-0.3, -0.25) is 4.79 Å². The smallest absolute Gasteiger partial charge is 0.239 e. The van der Waals surface area contributed by atoms with Gasteiger partial charge in [-0.2, -0.15) is 0 Å². The fourth-order valence-corrected chi connectivity index (χ4v) is 3.95. The van der Waals surface area contributed by atoms with Gasteiger partial charge in [-0.1, -0.05) is 18.2 Å². The Morgan fingerprint density at radius 2 is 2.00 bits per heavy atom. The summed E-state index contributed by atoms with van der Waals surface area (Å²) in [6.45, 7) is 0.637. The van der Waals surface area contributed by atoms with Crippen molar-refractivity contribution in [2.45, 2.75) is 6.42 Å². The number of benzene rings is 1. The van der Waals surface area contributed by atoms with E-state index in [0.29, 0.717) is 13.0 Å². The predicted molar refractivity (Wildman–Crippen MR) is 74.7 cm³/mol. The Hall–Kier alpha value is -1.56. The summed E-state index contributed by atoms with van der Waals surface area (Å²) in [7, 11) is -2.87. The number of rotatable bonds is 5. The molecule has 104 valence electrons. The summed E-state index contributed by atoms with van der Waals surface area (Å²) in [6, 6.07) is 9.46. The number of anilines is 1. The summed E-state index contributed by atoms with van der Waals surface area (Å²) >= 11 is 0. The molecule has 19 heavy (non-hydrogen) atoms. The van der Waals surface area contributed by atoms with Crippen molar-refractivity contribution in [1.82, 2.24) is 5.32 Å². The third kappa shape index (κ3) is 4.55. The Morgan fingerprint density at radius 3 is 2.63 bits per heavy atom. The molecule has 1 heterocycles. The summed E-state index contributed by atoms with van der Waals surface area (Å²) in [5.41, 5.74) is 0.890. The van der Waals surface area contributed by atoms with Crippen molar-refractivity contribution in [3.8, 4) is 0 Å². The summed E-state index contributed by atoms with van der Waals surface area (Å²) in [4.78, 5) is 11.6. The maximum atomic E-state index is 11.6. The van der Waals surface area contributed by atoms with E-state index in [1.165, 1.54) is 0 Å². The molecule has 1 fully saturated rings.